The summed E-state index contributed by atoms with van der Waals surface area (Å²) >= 11 is 1.64. The number of thiophene rings is 1. The number of hydrogen-bond acceptors (Lipinski definition) is 5. The molecule has 1 heterocycles. The third kappa shape index (κ3) is 3.70. The van der Waals surface area contributed by atoms with Crippen LogP contribution in [0.3, 0.4) is 0 Å². The molecule has 0 amide bonds. The summed E-state index contributed by atoms with van der Waals surface area (Å²) in [5, 5.41) is 14.9. The molecule has 0 spiro atoms. The molecule has 0 aliphatic heterocycles. The van der Waals surface area contributed by atoms with E-state index in [4.69, 9.17) is 9.47 Å². The van der Waals surface area contributed by atoms with Crippen LogP contribution in [0, 0.1) is 0 Å². The molecule has 3 aromatic rings. The van der Waals surface area contributed by atoms with Crippen molar-refractivity contribution in [3.05, 3.63) is 59.0 Å². The molecular formula is C19H21NO3S. The van der Waals surface area contributed by atoms with Crippen molar-refractivity contribution in [1.29, 1.82) is 0 Å². The molecule has 24 heavy (non-hydrogen) atoms. The van der Waals surface area contributed by atoms with Crippen molar-refractivity contribution in [1.82, 2.24) is 5.32 Å². The van der Waals surface area contributed by atoms with Gasteiger partial charge in [0.1, 0.15) is 6.10 Å². The molecule has 3 rings (SSSR count). The summed E-state index contributed by atoms with van der Waals surface area (Å²) in [7, 11) is 3.25. The van der Waals surface area contributed by atoms with Crippen LogP contribution in [0.15, 0.2) is 48.5 Å². The van der Waals surface area contributed by atoms with Crippen molar-refractivity contribution >= 4 is 21.4 Å². The van der Waals surface area contributed by atoms with Crippen LogP contribution < -0.4 is 14.8 Å². The fourth-order valence-electron chi connectivity index (χ4n) is 2.61. The maximum atomic E-state index is 10.4. The number of ether oxygens (including phenoxy) is 2. The minimum atomic E-state index is -0.512. The van der Waals surface area contributed by atoms with Crippen LogP contribution in [-0.2, 0) is 6.54 Å². The van der Waals surface area contributed by atoms with Crippen LogP contribution in [0.25, 0.3) is 10.1 Å². The molecule has 0 radical (unpaired) electrons. The quantitative estimate of drug-likeness (QED) is 0.686. The van der Waals surface area contributed by atoms with E-state index in [2.05, 4.69) is 23.5 Å². The first-order chi connectivity index (χ1) is 11.7. The fraction of sp³-hybridized carbons (Fsp3) is 0.263. The Morgan fingerprint density at radius 2 is 1.83 bits per heavy atom. The van der Waals surface area contributed by atoms with Crippen molar-refractivity contribution in [2.45, 2.75) is 12.6 Å². The van der Waals surface area contributed by atoms with E-state index in [1.165, 1.54) is 10.1 Å². The first kappa shape index (κ1) is 16.8. The number of aliphatic hydroxyl groups excluding tert-OH is 1. The molecule has 2 aromatic carbocycles. The first-order valence-corrected chi connectivity index (χ1v) is 8.61. The third-order valence-corrected chi connectivity index (χ3v) is 5.11. The molecule has 1 atom stereocenters. The van der Waals surface area contributed by atoms with Gasteiger partial charge in [-0.05, 0) is 35.2 Å². The van der Waals surface area contributed by atoms with Crippen molar-refractivity contribution in [2.75, 3.05) is 20.8 Å². The van der Waals surface area contributed by atoms with Crippen molar-refractivity contribution in [3.63, 3.8) is 0 Å². The van der Waals surface area contributed by atoms with E-state index in [0.29, 0.717) is 24.6 Å². The number of fused-ring (bicyclic) bond motifs is 1. The van der Waals surface area contributed by atoms with Crippen LogP contribution in [0.2, 0.25) is 0 Å². The van der Waals surface area contributed by atoms with Gasteiger partial charge in [0.05, 0.1) is 14.2 Å². The van der Waals surface area contributed by atoms with Crippen molar-refractivity contribution < 1.29 is 14.6 Å². The fourth-order valence-corrected chi connectivity index (χ4v) is 3.66. The van der Waals surface area contributed by atoms with Crippen LogP contribution in [-0.4, -0.2) is 25.9 Å². The lowest BCUT2D eigenvalue weighted by molar-refractivity contribution is 0.178. The predicted octanol–water partition coefficient (Wildman–Crippen LogP) is 3.74. The normalized spacial score (nSPS) is 12.3. The van der Waals surface area contributed by atoms with Crippen molar-refractivity contribution in [2.24, 2.45) is 0 Å². The standard InChI is InChI=1S/C19H21NO3S/c1-22-16-8-7-13(9-17(16)23-2)11-20-12-15(21)19-10-14-5-3-4-6-18(14)24-19/h3-10,15,20-21H,11-12H2,1-2H3. The zero-order valence-corrected chi connectivity index (χ0v) is 14.6. The Morgan fingerprint density at radius 1 is 1.04 bits per heavy atom. The lowest BCUT2D eigenvalue weighted by Gasteiger charge is -2.12. The van der Waals surface area contributed by atoms with Gasteiger partial charge < -0.3 is 19.9 Å². The van der Waals surface area contributed by atoms with E-state index < -0.39 is 6.10 Å². The molecule has 0 aliphatic rings. The minimum Gasteiger partial charge on any atom is -0.493 e. The van der Waals surface area contributed by atoms with Gasteiger partial charge in [0.15, 0.2) is 11.5 Å². The van der Waals surface area contributed by atoms with Gasteiger partial charge in [-0.25, -0.2) is 0 Å². The first-order valence-electron chi connectivity index (χ1n) is 7.79. The van der Waals surface area contributed by atoms with Gasteiger partial charge in [-0.2, -0.15) is 0 Å². The second-order valence-electron chi connectivity index (χ2n) is 5.52. The predicted molar refractivity (Wildman–Crippen MR) is 98.0 cm³/mol. The van der Waals surface area contributed by atoms with Gasteiger partial charge in [0.25, 0.3) is 0 Å². The van der Waals surface area contributed by atoms with Gasteiger partial charge in [-0.1, -0.05) is 24.3 Å². The van der Waals surface area contributed by atoms with Gasteiger partial charge in [0.2, 0.25) is 0 Å². The summed E-state index contributed by atoms with van der Waals surface area (Å²) in [4.78, 5) is 0.982. The van der Waals surface area contributed by atoms with Gasteiger partial charge in [0, 0.05) is 22.7 Å². The maximum Gasteiger partial charge on any atom is 0.161 e. The van der Waals surface area contributed by atoms with Crippen LogP contribution >= 0.6 is 11.3 Å². The number of methoxy groups -OCH3 is 2. The minimum absolute atomic E-state index is 0.501. The SMILES string of the molecule is COc1ccc(CNCC(O)c2cc3ccccc3s2)cc1OC. The summed E-state index contributed by atoms with van der Waals surface area (Å²) in [6.07, 6.45) is -0.512. The van der Waals surface area contributed by atoms with E-state index in [1.54, 1.807) is 25.6 Å². The van der Waals surface area contributed by atoms with E-state index in [1.807, 2.05) is 30.3 Å². The highest BCUT2D eigenvalue weighted by Gasteiger charge is 2.11. The van der Waals surface area contributed by atoms with E-state index >= 15 is 0 Å². The van der Waals surface area contributed by atoms with Crippen molar-refractivity contribution in [3.8, 4) is 11.5 Å². The molecular weight excluding hydrogens is 322 g/mol. The molecule has 0 fully saturated rings. The molecule has 0 saturated carbocycles. The summed E-state index contributed by atoms with van der Waals surface area (Å²) < 4.78 is 11.7. The largest absolute Gasteiger partial charge is 0.493 e. The Bertz CT molecular complexity index is 782. The van der Waals surface area contributed by atoms with Crippen LogP contribution in [0.1, 0.15) is 16.5 Å². The average molecular weight is 343 g/mol. The summed E-state index contributed by atoms with van der Waals surface area (Å²) in [5.74, 6) is 1.42. The molecule has 1 unspecified atom stereocenters. The van der Waals surface area contributed by atoms with E-state index in [-0.39, 0.29) is 0 Å². The van der Waals surface area contributed by atoms with Crippen LogP contribution in [0.5, 0.6) is 11.5 Å². The molecule has 1 aromatic heterocycles. The third-order valence-electron chi connectivity index (χ3n) is 3.89. The average Bonchev–Trinajstić information content (AvgIpc) is 3.05. The summed E-state index contributed by atoms with van der Waals surface area (Å²) in [6.45, 7) is 1.16. The van der Waals surface area contributed by atoms with E-state index in [9.17, 15) is 5.11 Å². The molecule has 0 saturated heterocycles. The lowest BCUT2D eigenvalue weighted by Crippen LogP contribution is -2.20. The second kappa shape index (κ2) is 7.66. The number of benzene rings is 2. The Balaban J connectivity index is 1.59. The number of hydrogen-bond donors (Lipinski definition) is 2. The van der Waals surface area contributed by atoms with Gasteiger partial charge in [-0.15, -0.1) is 11.3 Å². The zero-order chi connectivity index (χ0) is 16.9. The van der Waals surface area contributed by atoms with Gasteiger partial charge >= 0.3 is 0 Å². The highest BCUT2D eigenvalue weighted by molar-refractivity contribution is 7.19. The molecule has 126 valence electrons. The highest BCUT2D eigenvalue weighted by atomic mass is 32.1. The topological polar surface area (TPSA) is 50.7 Å². The highest BCUT2D eigenvalue weighted by Crippen LogP contribution is 2.30. The maximum absolute atomic E-state index is 10.4. The lowest BCUT2D eigenvalue weighted by atomic mass is 10.2. The van der Waals surface area contributed by atoms with Crippen LogP contribution in [0.4, 0.5) is 0 Å². The number of aliphatic hydroxyl groups is 1. The Hall–Kier alpha value is -2.08. The molecule has 4 nitrogen and oxygen atoms in total. The molecule has 2 N–H and O–H groups in total. The molecule has 0 aliphatic carbocycles. The Kier molecular flexibility index (Phi) is 5.35. The Morgan fingerprint density at radius 3 is 2.58 bits per heavy atom. The Labute approximate surface area is 145 Å². The van der Waals surface area contributed by atoms with E-state index in [0.717, 1.165) is 10.4 Å². The number of rotatable bonds is 7. The second-order valence-corrected chi connectivity index (χ2v) is 6.64. The molecule has 0 bridgehead atoms. The zero-order valence-electron chi connectivity index (χ0n) is 13.8. The smallest absolute Gasteiger partial charge is 0.161 e. The molecule has 5 heteroatoms. The van der Waals surface area contributed by atoms with Gasteiger partial charge in [-0.3, -0.25) is 0 Å². The summed E-state index contributed by atoms with van der Waals surface area (Å²) in [6, 6.07) is 16.1. The number of nitrogens with one attached hydrogen (secondary N) is 1. The monoisotopic (exact) mass is 343 g/mol. The summed E-state index contributed by atoms with van der Waals surface area (Å²) in [5.41, 5.74) is 1.08.